The lowest BCUT2D eigenvalue weighted by Crippen LogP contribution is -2.36. The van der Waals surface area contributed by atoms with Crippen molar-refractivity contribution in [1.29, 1.82) is 0 Å². The van der Waals surface area contributed by atoms with E-state index in [9.17, 15) is 19.8 Å². The third-order valence-electron chi connectivity index (χ3n) is 4.94. The Hall–Kier alpha value is -2.54. The lowest BCUT2D eigenvalue weighted by Gasteiger charge is -2.28. The number of nitrogens with zero attached hydrogens (tertiary/aromatic N) is 3. The molecule has 1 fully saturated rings. The minimum absolute atomic E-state index is 0.0125. The number of carbonyl (C=O) groups excluding carboxylic acids is 1. The van der Waals surface area contributed by atoms with E-state index in [4.69, 9.17) is 11.6 Å². The predicted molar refractivity (Wildman–Crippen MR) is 93.5 cm³/mol. The predicted octanol–water partition coefficient (Wildman–Crippen LogP) is 2.55. The molecule has 2 aliphatic rings. The standard InChI is InChI=1S/C18H18ClN3O4/c19-11-3-4-12(15(23)7-11)17(24)21-6-5-14-13(9-21)16(18(25)26)20-22(14)8-10-1-2-10/h3-4,7,10,23H,1-2,5-6,8-9H2,(H,25,26). The number of hydrogen-bond acceptors (Lipinski definition) is 4. The van der Waals surface area contributed by atoms with E-state index in [1.54, 1.807) is 15.6 Å². The molecule has 1 saturated carbocycles. The molecule has 0 spiro atoms. The quantitative estimate of drug-likeness (QED) is 0.856. The van der Waals surface area contributed by atoms with Gasteiger partial charge in [-0.2, -0.15) is 5.10 Å². The Morgan fingerprint density at radius 3 is 2.73 bits per heavy atom. The second-order valence-electron chi connectivity index (χ2n) is 6.84. The molecule has 0 bridgehead atoms. The molecule has 0 atom stereocenters. The van der Waals surface area contributed by atoms with Gasteiger partial charge in [0.25, 0.3) is 5.91 Å². The molecule has 7 nitrogen and oxygen atoms in total. The van der Waals surface area contributed by atoms with Crippen molar-refractivity contribution in [3.05, 3.63) is 45.7 Å². The van der Waals surface area contributed by atoms with E-state index in [1.807, 2.05) is 0 Å². The zero-order chi connectivity index (χ0) is 18.4. The van der Waals surface area contributed by atoms with Crippen molar-refractivity contribution in [2.24, 2.45) is 5.92 Å². The van der Waals surface area contributed by atoms with E-state index in [0.29, 0.717) is 29.5 Å². The highest BCUT2D eigenvalue weighted by atomic mass is 35.5. The number of amides is 1. The van der Waals surface area contributed by atoms with E-state index >= 15 is 0 Å². The first-order valence-corrected chi connectivity index (χ1v) is 8.91. The van der Waals surface area contributed by atoms with Gasteiger partial charge < -0.3 is 15.1 Å². The Labute approximate surface area is 154 Å². The van der Waals surface area contributed by atoms with Crippen molar-refractivity contribution in [3.63, 3.8) is 0 Å². The first-order valence-electron chi connectivity index (χ1n) is 8.53. The van der Waals surface area contributed by atoms with Crippen LogP contribution in [0.5, 0.6) is 5.75 Å². The summed E-state index contributed by atoms with van der Waals surface area (Å²) >= 11 is 5.82. The molecule has 2 aromatic rings. The summed E-state index contributed by atoms with van der Waals surface area (Å²) in [6.07, 6.45) is 2.84. The minimum Gasteiger partial charge on any atom is -0.507 e. The van der Waals surface area contributed by atoms with E-state index in [2.05, 4.69) is 5.10 Å². The van der Waals surface area contributed by atoms with E-state index in [-0.39, 0.29) is 29.5 Å². The fourth-order valence-corrected chi connectivity index (χ4v) is 3.55. The third kappa shape index (κ3) is 3.03. The average molecular weight is 376 g/mol. The number of halogens is 1. The molecule has 0 unspecified atom stereocenters. The van der Waals surface area contributed by atoms with E-state index in [1.165, 1.54) is 12.1 Å². The first-order chi connectivity index (χ1) is 12.4. The van der Waals surface area contributed by atoms with Gasteiger partial charge in [-0.3, -0.25) is 9.48 Å². The summed E-state index contributed by atoms with van der Waals surface area (Å²) < 4.78 is 1.80. The Kier molecular flexibility index (Phi) is 4.11. The maximum atomic E-state index is 12.8. The summed E-state index contributed by atoms with van der Waals surface area (Å²) in [5.41, 5.74) is 1.66. The van der Waals surface area contributed by atoms with Crippen molar-refractivity contribution < 1.29 is 19.8 Å². The van der Waals surface area contributed by atoms with E-state index in [0.717, 1.165) is 25.1 Å². The normalized spacial score (nSPS) is 16.4. The third-order valence-corrected chi connectivity index (χ3v) is 5.18. The number of carbonyl (C=O) groups is 2. The molecule has 1 aromatic heterocycles. The van der Waals surface area contributed by atoms with Crippen LogP contribution >= 0.6 is 11.6 Å². The molecule has 8 heteroatoms. The summed E-state index contributed by atoms with van der Waals surface area (Å²) in [6.45, 7) is 1.35. The Balaban J connectivity index is 1.63. The highest BCUT2D eigenvalue weighted by molar-refractivity contribution is 6.30. The molecule has 136 valence electrons. The Morgan fingerprint density at radius 2 is 2.08 bits per heavy atom. The zero-order valence-corrected chi connectivity index (χ0v) is 14.7. The molecule has 26 heavy (non-hydrogen) atoms. The Bertz CT molecular complexity index is 904. The van der Waals surface area contributed by atoms with Crippen LogP contribution in [0.15, 0.2) is 18.2 Å². The SMILES string of the molecule is O=C(O)c1nn(CC2CC2)c2c1CN(C(=O)c1ccc(Cl)cc1O)CC2. The van der Waals surface area contributed by atoms with Crippen LogP contribution in [0.25, 0.3) is 0 Å². The van der Waals surface area contributed by atoms with Gasteiger partial charge >= 0.3 is 5.97 Å². The molecule has 2 N–H and O–H groups in total. The van der Waals surface area contributed by atoms with Crippen molar-refractivity contribution >= 4 is 23.5 Å². The maximum Gasteiger partial charge on any atom is 0.356 e. The van der Waals surface area contributed by atoms with Gasteiger partial charge in [0.1, 0.15) is 5.75 Å². The molecule has 1 amide bonds. The summed E-state index contributed by atoms with van der Waals surface area (Å²) in [6, 6.07) is 4.34. The molecule has 0 radical (unpaired) electrons. The number of aromatic nitrogens is 2. The molecular formula is C18H18ClN3O4. The van der Waals surface area contributed by atoms with Gasteiger partial charge in [-0.15, -0.1) is 0 Å². The van der Waals surface area contributed by atoms with Crippen molar-refractivity contribution in [2.75, 3.05) is 6.54 Å². The summed E-state index contributed by atoms with van der Waals surface area (Å²) in [5.74, 6) is -1.04. The molecule has 1 aliphatic carbocycles. The second kappa shape index (κ2) is 6.32. The summed E-state index contributed by atoms with van der Waals surface area (Å²) in [7, 11) is 0. The zero-order valence-electron chi connectivity index (χ0n) is 14.0. The number of fused-ring (bicyclic) bond motifs is 1. The lowest BCUT2D eigenvalue weighted by atomic mass is 10.0. The van der Waals surface area contributed by atoms with Gasteiger partial charge in [0.15, 0.2) is 5.69 Å². The van der Waals surface area contributed by atoms with E-state index < -0.39 is 5.97 Å². The van der Waals surface area contributed by atoms with Gasteiger partial charge in [-0.1, -0.05) is 11.6 Å². The molecule has 1 aliphatic heterocycles. The van der Waals surface area contributed by atoms with Crippen molar-refractivity contribution in [3.8, 4) is 5.75 Å². The number of phenolic OH excluding ortho intramolecular Hbond substituents is 1. The topological polar surface area (TPSA) is 95.7 Å². The van der Waals surface area contributed by atoms with Crippen LogP contribution in [0.1, 0.15) is 44.9 Å². The summed E-state index contributed by atoms with van der Waals surface area (Å²) in [5, 5.41) is 24.1. The van der Waals surface area contributed by atoms with Gasteiger partial charge in [-0.05, 0) is 37.0 Å². The van der Waals surface area contributed by atoms with Gasteiger partial charge in [-0.25, -0.2) is 4.79 Å². The largest absolute Gasteiger partial charge is 0.507 e. The smallest absolute Gasteiger partial charge is 0.356 e. The molecule has 0 saturated heterocycles. The fraction of sp³-hybridized carbons (Fsp3) is 0.389. The number of hydrogen-bond donors (Lipinski definition) is 2. The monoisotopic (exact) mass is 375 g/mol. The van der Waals surface area contributed by atoms with Crippen molar-refractivity contribution in [2.45, 2.75) is 32.4 Å². The van der Waals surface area contributed by atoms with Crippen LogP contribution in [0.2, 0.25) is 5.02 Å². The van der Waals surface area contributed by atoms with Crippen LogP contribution in [0, 0.1) is 5.92 Å². The fourth-order valence-electron chi connectivity index (χ4n) is 3.39. The molecular weight excluding hydrogens is 358 g/mol. The molecule has 1 aromatic carbocycles. The van der Waals surface area contributed by atoms with Gasteiger partial charge in [0.05, 0.1) is 12.1 Å². The number of carboxylic acid groups (broad SMARTS) is 1. The number of rotatable bonds is 4. The van der Waals surface area contributed by atoms with Crippen molar-refractivity contribution in [1.82, 2.24) is 14.7 Å². The lowest BCUT2D eigenvalue weighted by molar-refractivity contribution is 0.0673. The minimum atomic E-state index is -1.08. The molecule has 4 rings (SSSR count). The van der Waals surface area contributed by atoms with Gasteiger partial charge in [0, 0.05) is 35.8 Å². The maximum absolute atomic E-state index is 12.8. The highest BCUT2D eigenvalue weighted by Gasteiger charge is 2.33. The second-order valence-corrected chi connectivity index (χ2v) is 7.28. The Morgan fingerprint density at radius 1 is 1.31 bits per heavy atom. The van der Waals surface area contributed by atoms with Crippen LogP contribution < -0.4 is 0 Å². The number of benzene rings is 1. The summed E-state index contributed by atoms with van der Waals surface area (Å²) in [4.78, 5) is 25.9. The molecule has 2 heterocycles. The number of phenols is 1. The average Bonchev–Trinajstić information content (AvgIpc) is 3.34. The number of aromatic carboxylic acids is 1. The van der Waals surface area contributed by atoms with Crippen LogP contribution in [0.3, 0.4) is 0 Å². The van der Waals surface area contributed by atoms with Crippen LogP contribution in [-0.4, -0.2) is 43.3 Å². The van der Waals surface area contributed by atoms with Crippen LogP contribution in [0.4, 0.5) is 0 Å². The highest BCUT2D eigenvalue weighted by Crippen LogP contribution is 2.33. The number of aromatic hydroxyl groups is 1. The van der Waals surface area contributed by atoms with Gasteiger partial charge in [0.2, 0.25) is 0 Å². The first kappa shape index (κ1) is 16.9. The number of carboxylic acids is 1. The van der Waals surface area contributed by atoms with Crippen LogP contribution in [-0.2, 0) is 19.5 Å².